The lowest BCUT2D eigenvalue weighted by molar-refractivity contribution is -0.127. The van der Waals surface area contributed by atoms with Crippen molar-refractivity contribution in [3.8, 4) is 0 Å². The molecule has 0 aromatic heterocycles. The Morgan fingerprint density at radius 3 is 2.63 bits per heavy atom. The fourth-order valence-electron chi connectivity index (χ4n) is 3.11. The molecular formula is C15H17NO3. The molecule has 0 radical (unpaired) electrons. The number of nitrogens with zero attached hydrogens (tertiary/aromatic N) is 1. The molecule has 1 aliphatic carbocycles. The number of carbonyl (C=O) groups is 2. The molecule has 4 nitrogen and oxygen atoms in total. The maximum atomic E-state index is 11.8. The summed E-state index contributed by atoms with van der Waals surface area (Å²) in [7, 11) is 0. The summed E-state index contributed by atoms with van der Waals surface area (Å²) < 4.78 is 5.26. The van der Waals surface area contributed by atoms with Gasteiger partial charge in [-0.1, -0.05) is 30.3 Å². The van der Waals surface area contributed by atoms with Gasteiger partial charge < -0.3 is 14.4 Å². The van der Waals surface area contributed by atoms with Crippen LogP contribution in [0.3, 0.4) is 0 Å². The highest BCUT2D eigenvalue weighted by molar-refractivity contribution is 5.69. The first-order chi connectivity index (χ1) is 9.21. The van der Waals surface area contributed by atoms with Gasteiger partial charge in [-0.25, -0.2) is 4.79 Å². The fourth-order valence-corrected chi connectivity index (χ4v) is 3.11. The Morgan fingerprint density at radius 2 is 2.00 bits per heavy atom. The minimum absolute atomic E-state index is 0.211. The first-order valence-electron chi connectivity index (χ1n) is 6.62. The van der Waals surface area contributed by atoms with Gasteiger partial charge in [0.05, 0.1) is 0 Å². The van der Waals surface area contributed by atoms with Crippen LogP contribution in [0.15, 0.2) is 30.3 Å². The Hall–Kier alpha value is -1.84. The molecule has 1 saturated heterocycles. The minimum Gasteiger partial charge on any atom is -0.445 e. The average molecular weight is 259 g/mol. The molecule has 1 aromatic carbocycles. The van der Waals surface area contributed by atoms with Crippen LogP contribution in [0.1, 0.15) is 18.4 Å². The Kier molecular flexibility index (Phi) is 3.01. The van der Waals surface area contributed by atoms with E-state index < -0.39 is 0 Å². The van der Waals surface area contributed by atoms with Crippen molar-refractivity contribution < 1.29 is 14.3 Å². The number of aldehydes is 1. The molecule has 2 aliphatic rings. The van der Waals surface area contributed by atoms with Gasteiger partial charge in [-0.2, -0.15) is 0 Å². The molecule has 1 spiro atoms. The van der Waals surface area contributed by atoms with Gasteiger partial charge in [0.15, 0.2) is 0 Å². The van der Waals surface area contributed by atoms with Gasteiger partial charge >= 0.3 is 6.09 Å². The molecule has 1 aromatic rings. The van der Waals surface area contributed by atoms with Crippen molar-refractivity contribution in [1.82, 2.24) is 4.90 Å². The molecular weight excluding hydrogens is 242 g/mol. The van der Waals surface area contributed by atoms with Crippen molar-refractivity contribution >= 4 is 12.4 Å². The van der Waals surface area contributed by atoms with Gasteiger partial charge in [-0.3, -0.25) is 0 Å². The number of benzene rings is 1. The molecule has 0 unspecified atom stereocenters. The van der Waals surface area contributed by atoms with E-state index in [2.05, 4.69) is 0 Å². The molecule has 1 heterocycles. The largest absolute Gasteiger partial charge is 0.445 e. The standard InChI is InChI=1S/C15H17NO3/c17-8-13-6-15(7-13)10-16(11-15)14(18)19-9-12-4-2-1-3-5-12/h1-5,8,13H,6-7,9-11H2. The number of likely N-dealkylation sites (tertiary alicyclic amines) is 1. The van der Waals surface area contributed by atoms with Crippen LogP contribution in [0.5, 0.6) is 0 Å². The van der Waals surface area contributed by atoms with E-state index in [1.54, 1.807) is 4.90 Å². The second-order valence-corrected chi connectivity index (χ2v) is 5.70. The quantitative estimate of drug-likeness (QED) is 0.782. The topological polar surface area (TPSA) is 46.6 Å². The summed E-state index contributed by atoms with van der Waals surface area (Å²) in [5.74, 6) is 0.211. The van der Waals surface area contributed by atoms with E-state index in [1.165, 1.54) is 0 Å². The Bertz CT molecular complexity index is 471. The van der Waals surface area contributed by atoms with Crippen molar-refractivity contribution in [3.05, 3.63) is 35.9 Å². The van der Waals surface area contributed by atoms with Gasteiger partial charge in [0.25, 0.3) is 0 Å². The number of rotatable bonds is 3. The second kappa shape index (κ2) is 4.68. The van der Waals surface area contributed by atoms with Crippen LogP contribution in [0.2, 0.25) is 0 Å². The Labute approximate surface area is 112 Å². The van der Waals surface area contributed by atoms with Crippen molar-refractivity contribution in [1.29, 1.82) is 0 Å². The summed E-state index contributed by atoms with van der Waals surface area (Å²) in [5.41, 5.74) is 1.22. The summed E-state index contributed by atoms with van der Waals surface area (Å²) in [6.07, 6.45) is 2.64. The number of amides is 1. The van der Waals surface area contributed by atoms with Crippen LogP contribution >= 0.6 is 0 Å². The van der Waals surface area contributed by atoms with Crippen LogP contribution in [-0.2, 0) is 16.1 Å². The molecule has 19 heavy (non-hydrogen) atoms. The van der Waals surface area contributed by atoms with Crippen LogP contribution in [-0.4, -0.2) is 30.4 Å². The second-order valence-electron chi connectivity index (χ2n) is 5.70. The van der Waals surface area contributed by atoms with Crippen molar-refractivity contribution in [2.45, 2.75) is 19.4 Å². The highest BCUT2D eigenvalue weighted by atomic mass is 16.6. The van der Waals surface area contributed by atoms with Crippen LogP contribution in [0, 0.1) is 11.3 Å². The number of ether oxygens (including phenoxy) is 1. The molecule has 0 atom stereocenters. The van der Waals surface area contributed by atoms with Crippen molar-refractivity contribution in [3.63, 3.8) is 0 Å². The number of hydrogen-bond acceptors (Lipinski definition) is 3. The maximum Gasteiger partial charge on any atom is 0.410 e. The van der Waals surface area contributed by atoms with Crippen molar-refractivity contribution in [2.24, 2.45) is 11.3 Å². The smallest absolute Gasteiger partial charge is 0.410 e. The van der Waals surface area contributed by atoms with Gasteiger partial charge in [0.2, 0.25) is 0 Å². The molecule has 3 rings (SSSR count). The van der Waals surface area contributed by atoms with Crippen LogP contribution < -0.4 is 0 Å². The third kappa shape index (κ3) is 2.35. The normalized spacial score (nSPS) is 20.5. The number of carbonyl (C=O) groups excluding carboxylic acids is 2. The van der Waals surface area contributed by atoms with E-state index in [0.29, 0.717) is 6.61 Å². The van der Waals surface area contributed by atoms with Gasteiger partial charge in [-0.05, 0) is 18.4 Å². The summed E-state index contributed by atoms with van der Waals surface area (Å²) in [6.45, 7) is 1.80. The van der Waals surface area contributed by atoms with E-state index >= 15 is 0 Å². The minimum atomic E-state index is -0.246. The number of hydrogen-bond donors (Lipinski definition) is 0. The Balaban J connectivity index is 1.43. The van der Waals surface area contributed by atoms with Crippen molar-refractivity contribution in [2.75, 3.05) is 13.1 Å². The SMILES string of the molecule is O=CC1CC2(C1)CN(C(=O)OCc1ccccc1)C2. The maximum absolute atomic E-state index is 11.8. The fraction of sp³-hybridized carbons (Fsp3) is 0.467. The molecule has 0 bridgehead atoms. The molecule has 100 valence electrons. The zero-order valence-electron chi connectivity index (χ0n) is 10.7. The van der Waals surface area contributed by atoms with E-state index in [9.17, 15) is 9.59 Å². The summed E-state index contributed by atoms with van der Waals surface area (Å²) in [4.78, 5) is 24.1. The zero-order valence-corrected chi connectivity index (χ0v) is 10.7. The predicted octanol–water partition coefficient (Wildman–Crippen LogP) is 2.23. The third-order valence-electron chi connectivity index (χ3n) is 4.10. The van der Waals surface area contributed by atoms with Gasteiger partial charge in [0.1, 0.15) is 12.9 Å². The lowest BCUT2D eigenvalue weighted by atomic mass is 9.58. The molecule has 1 amide bonds. The van der Waals surface area contributed by atoms with E-state index in [4.69, 9.17) is 4.74 Å². The lowest BCUT2D eigenvalue weighted by Gasteiger charge is -2.57. The monoisotopic (exact) mass is 259 g/mol. The van der Waals surface area contributed by atoms with E-state index in [1.807, 2.05) is 30.3 Å². The molecule has 2 fully saturated rings. The van der Waals surface area contributed by atoms with Crippen LogP contribution in [0.4, 0.5) is 4.79 Å². The predicted molar refractivity (Wildman–Crippen MR) is 69.4 cm³/mol. The molecule has 0 N–H and O–H groups in total. The van der Waals surface area contributed by atoms with Gasteiger partial charge in [0, 0.05) is 24.4 Å². The summed E-state index contributed by atoms with van der Waals surface area (Å²) in [5, 5.41) is 0. The Morgan fingerprint density at radius 1 is 1.32 bits per heavy atom. The van der Waals surface area contributed by atoms with E-state index in [0.717, 1.165) is 37.8 Å². The highest BCUT2D eigenvalue weighted by Gasteiger charge is 2.53. The van der Waals surface area contributed by atoms with Gasteiger partial charge in [-0.15, -0.1) is 0 Å². The summed E-state index contributed by atoms with van der Waals surface area (Å²) in [6, 6.07) is 9.66. The lowest BCUT2D eigenvalue weighted by Crippen LogP contribution is -2.63. The highest BCUT2D eigenvalue weighted by Crippen LogP contribution is 2.51. The molecule has 1 aliphatic heterocycles. The zero-order chi connectivity index (χ0) is 13.3. The first-order valence-corrected chi connectivity index (χ1v) is 6.62. The average Bonchev–Trinajstić information content (AvgIpc) is 2.34. The third-order valence-corrected chi connectivity index (χ3v) is 4.10. The summed E-state index contributed by atoms with van der Waals surface area (Å²) >= 11 is 0. The first kappa shape index (κ1) is 12.2. The van der Waals surface area contributed by atoms with E-state index in [-0.39, 0.29) is 17.4 Å². The molecule has 4 heteroatoms. The molecule has 1 saturated carbocycles. The van der Waals surface area contributed by atoms with Crippen LogP contribution in [0.25, 0.3) is 0 Å².